The maximum atomic E-state index is 13.8. The van der Waals surface area contributed by atoms with Crippen LogP contribution in [0.1, 0.15) is 36.6 Å². The lowest BCUT2D eigenvalue weighted by Gasteiger charge is -2.24. The van der Waals surface area contributed by atoms with Gasteiger partial charge in [-0.2, -0.15) is 0 Å². The van der Waals surface area contributed by atoms with Gasteiger partial charge in [-0.25, -0.2) is 14.2 Å². The van der Waals surface area contributed by atoms with Crippen molar-refractivity contribution in [2.45, 2.75) is 26.5 Å². The molecule has 0 amide bonds. The van der Waals surface area contributed by atoms with E-state index in [0.29, 0.717) is 42.7 Å². The summed E-state index contributed by atoms with van der Waals surface area (Å²) < 4.78 is 33.4. The van der Waals surface area contributed by atoms with E-state index in [0.717, 1.165) is 10.0 Å². The minimum atomic E-state index is -0.837. The molecule has 3 aromatic carbocycles. The number of thiazole rings is 1. The smallest absolute Gasteiger partial charge is 0.338 e. The Morgan fingerprint density at radius 2 is 1.88 bits per heavy atom. The molecule has 1 aliphatic heterocycles. The van der Waals surface area contributed by atoms with Gasteiger partial charge in [0.05, 0.1) is 40.6 Å². The van der Waals surface area contributed by atoms with E-state index >= 15 is 0 Å². The Morgan fingerprint density at radius 1 is 1.17 bits per heavy atom. The van der Waals surface area contributed by atoms with Crippen molar-refractivity contribution in [3.63, 3.8) is 0 Å². The van der Waals surface area contributed by atoms with Gasteiger partial charge in [0.15, 0.2) is 16.3 Å². The van der Waals surface area contributed by atoms with Crippen LogP contribution in [0.2, 0.25) is 5.02 Å². The summed E-state index contributed by atoms with van der Waals surface area (Å²) in [7, 11) is 1.51. The number of hydrogen-bond acceptors (Lipinski definition) is 7. The van der Waals surface area contributed by atoms with Crippen molar-refractivity contribution < 1.29 is 23.4 Å². The summed E-state index contributed by atoms with van der Waals surface area (Å²) in [6.45, 7) is 3.83. The third kappa shape index (κ3) is 6.06. The second-order valence-corrected chi connectivity index (χ2v) is 11.6. The van der Waals surface area contributed by atoms with Crippen LogP contribution in [0, 0.1) is 5.82 Å². The average Bonchev–Trinajstić information content (AvgIpc) is 3.26. The zero-order valence-corrected chi connectivity index (χ0v) is 26.0. The molecule has 0 fully saturated rings. The Bertz CT molecular complexity index is 1870. The number of rotatable bonds is 8. The number of fused-ring (bicyclic) bond motifs is 1. The van der Waals surface area contributed by atoms with Crippen molar-refractivity contribution in [2.24, 2.45) is 4.99 Å². The summed E-state index contributed by atoms with van der Waals surface area (Å²) in [6, 6.07) is 16.0. The minimum Gasteiger partial charge on any atom is -0.493 e. The Balaban J connectivity index is 1.56. The predicted octanol–water partition coefficient (Wildman–Crippen LogP) is 5.94. The van der Waals surface area contributed by atoms with Gasteiger partial charge in [0.1, 0.15) is 12.4 Å². The van der Waals surface area contributed by atoms with Crippen molar-refractivity contribution in [1.82, 2.24) is 4.57 Å². The zero-order valence-electron chi connectivity index (χ0n) is 22.8. The normalized spacial score (nSPS) is 14.8. The molecule has 0 saturated carbocycles. The summed E-state index contributed by atoms with van der Waals surface area (Å²) in [5.74, 6) is -0.229. The summed E-state index contributed by atoms with van der Waals surface area (Å²) in [5.41, 5.74) is 2.39. The summed E-state index contributed by atoms with van der Waals surface area (Å²) in [5, 5.41) is 0.315. The van der Waals surface area contributed by atoms with Gasteiger partial charge in [-0.3, -0.25) is 9.36 Å². The molecular formula is C31H25BrClFN2O5S. The van der Waals surface area contributed by atoms with Crippen molar-refractivity contribution in [1.29, 1.82) is 0 Å². The Labute approximate surface area is 258 Å². The van der Waals surface area contributed by atoms with Crippen LogP contribution in [0.3, 0.4) is 0 Å². The number of carbonyl (C=O) groups is 1. The number of benzene rings is 3. The van der Waals surface area contributed by atoms with Crippen molar-refractivity contribution in [2.75, 3.05) is 13.7 Å². The van der Waals surface area contributed by atoms with Crippen LogP contribution in [-0.2, 0) is 16.1 Å². The van der Waals surface area contributed by atoms with Gasteiger partial charge < -0.3 is 14.2 Å². The molecule has 2 heterocycles. The number of hydrogen-bond donors (Lipinski definition) is 0. The second-order valence-electron chi connectivity index (χ2n) is 9.30. The molecule has 0 radical (unpaired) electrons. The lowest BCUT2D eigenvalue weighted by molar-refractivity contribution is -0.139. The molecule has 1 aromatic heterocycles. The van der Waals surface area contributed by atoms with Crippen molar-refractivity contribution >= 4 is 50.9 Å². The van der Waals surface area contributed by atoms with E-state index in [-0.39, 0.29) is 24.3 Å². The van der Waals surface area contributed by atoms with E-state index in [4.69, 9.17) is 25.8 Å². The molecular weight excluding hydrogens is 647 g/mol. The van der Waals surface area contributed by atoms with E-state index in [1.165, 1.54) is 35.1 Å². The maximum absolute atomic E-state index is 13.8. The molecule has 0 aliphatic carbocycles. The quantitative estimate of drug-likeness (QED) is 0.217. The zero-order chi connectivity index (χ0) is 30.0. The standard InChI is InChI=1S/C31H25BrClFN2O5S/c1-4-40-30(38)26-17(2)35-31-36(27(26)20-7-11-22(34)12-8-20)29(37)25(42-31)15-19-13-23(33)28(24(14-19)39-3)41-16-18-5-9-21(32)10-6-18/h5-15,27H,4,16H2,1-3H3/b25-15-/t27-/m0/s1. The van der Waals surface area contributed by atoms with E-state index in [9.17, 15) is 14.0 Å². The van der Waals surface area contributed by atoms with Crippen LogP contribution in [0.25, 0.3) is 6.08 Å². The molecule has 42 heavy (non-hydrogen) atoms. The number of ether oxygens (including phenoxy) is 3. The minimum absolute atomic E-state index is 0.154. The Kier molecular flexibility index (Phi) is 8.96. The fourth-order valence-corrected chi connectivity index (χ4v) is 6.19. The molecule has 0 bridgehead atoms. The molecule has 0 unspecified atom stereocenters. The molecule has 7 nitrogen and oxygen atoms in total. The monoisotopic (exact) mass is 670 g/mol. The first kappa shape index (κ1) is 29.8. The number of aromatic nitrogens is 1. The Hall–Kier alpha value is -3.73. The molecule has 4 aromatic rings. The van der Waals surface area contributed by atoms with Crippen LogP contribution in [-0.4, -0.2) is 24.3 Å². The van der Waals surface area contributed by atoms with Gasteiger partial charge in [-0.05, 0) is 73.0 Å². The third-order valence-electron chi connectivity index (χ3n) is 6.55. The predicted molar refractivity (Wildman–Crippen MR) is 163 cm³/mol. The topological polar surface area (TPSA) is 79.1 Å². The molecule has 1 aliphatic rings. The number of carbonyl (C=O) groups excluding carboxylic acids is 1. The molecule has 11 heteroatoms. The van der Waals surface area contributed by atoms with Crippen molar-refractivity contribution in [3.05, 3.63) is 124 Å². The SMILES string of the molecule is CCOC(=O)C1=C(C)N=c2s/c(=C\c3cc(Cl)c(OCc4ccc(Br)cc4)c(OC)c3)c(=O)n2[C@H]1c1ccc(F)cc1. The first-order valence-corrected chi connectivity index (χ1v) is 14.9. The summed E-state index contributed by atoms with van der Waals surface area (Å²) in [4.78, 5) is 31.8. The number of esters is 1. The highest BCUT2D eigenvalue weighted by atomic mass is 79.9. The van der Waals surface area contributed by atoms with Gasteiger partial charge >= 0.3 is 5.97 Å². The summed E-state index contributed by atoms with van der Waals surface area (Å²) >= 11 is 11.2. The largest absolute Gasteiger partial charge is 0.493 e. The molecule has 0 saturated heterocycles. The highest BCUT2D eigenvalue weighted by molar-refractivity contribution is 9.10. The van der Waals surface area contributed by atoms with Gasteiger partial charge in [0, 0.05) is 4.47 Å². The average molecular weight is 672 g/mol. The van der Waals surface area contributed by atoms with Crippen LogP contribution in [0.5, 0.6) is 11.5 Å². The third-order valence-corrected chi connectivity index (χ3v) is 8.34. The fraction of sp³-hybridized carbons (Fsp3) is 0.194. The number of allylic oxidation sites excluding steroid dienone is 1. The highest BCUT2D eigenvalue weighted by Crippen LogP contribution is 2.37. The fourth-order valence-electron chi connectivity index (χ4n) is 4.60. The highest BCUT2D eigenvalue weighted by Gasteiger charge is 2.33. The Morgan fingerprint density at radius 3 is 2.55 bits per heavy atom. The molecule has 216 valence electrons. The summed E-state index contributed by atoms with van der Waals surface area (Å²) in [6.07, 6.45) is 1.68. The molecule has 0 N–H and O–H groups in total. The lowest BCUT2D eigenvalue weighted by atomic mass is 9.96. The van der Waals surface area contributed by atoms with Crippen LogP contribution < -0.4 is 24.4 Å². The van der Waals surface area contributed by atoms with Crippen LogP contribution in [0.4, 0.5) is 4.39 Å². The maximum Gasteiger partial charge on any atom is 0.338 e. The van der Waals surface area contributed by atoms with Gasteiger partial charge in [0.25, 0.3) is 5.56 Å². The van der Waals surface area contributed by atoms with Gasteiger partial charge in [-0.1, -0.05) is 63.1 Å². The van der Waals surface area contributed by atoms with Crippen molar-refractivity contribution in [3.8, 4) is 11.5 Å². The van der Waals surface area contributed by atoms with E-state index < -0.39 is 17.8 Å². The van der Waals surface area contributed by atoms with E-state index in [1.54, 1.807) is 44.2 Å². The number of halogens is 3. The van der Waals surface area contributed by atoms with E-state index in [2.05, 4.69) is 20.9 Å². The first-order chi connectivity index (χ1) is 20.2. The van der Waals surface area contributed by atoms with E-state index in [1.807, 2.05) is 24.3 Å². The molecule has 0 spiro atoms. The van der Waals surface area contributed by atoms with Crippen LogP contribution in [0.15, 0.2) is 86.2 Å². The number of nitrogens with zero attached hydrogens (tertiary/aromatic N) is 2. The van der Waals surface area contributed by atoms with Gasteiger partial charge in [0.2, 0.25) is 0 Å². The molecule has 1 atom stereocenters. The first-order valence-electron chi connectivity index (χ1n) is 12.9. The lowest BCUT2D eigenvalue weighted by Crippen LogP contribution is -2.39. The second kappa shape index (κ2) is 12.6. The van der Waals surface area contributed by atoms with Crippen LogP contribution >= 0.6 is 38.9 Å². The number of methoxy groups -OCH3 is 1. The van der Waals surface area contributed by atoms with Gasteiger partial charge in [-0.15, -0.1) is 0 Å². The molecule has 5 rings (SSSR count).